The Bertz CT molecular complexity index is 555. The molecule has 2 rings (SSSR count). The first-order valence-electron chi connectivity index (χ1n) is 6.36. The summed E-state index contributed by atoms with van der Waals surface area (Å²) >= 11 is 0. The topological polar surface area (TPSA) is 63.2 Å². The van der Waals surface area contributed by atoms with Gasteiger partial charge in [-0.2, -0.15) is 5.10 Å². The van der Waals surface area contributed by atoms with Crippen LogP contribution in [0.25, 0.3) is 0 Å². The maximum absolute atomic E-state index is 10.5. The number of hydrogen-bond acceptors (Lipinski definition) is 4. The molecule has 0 aliphatic rings. The predicted molar refractivity (Wildman–Crippen MR) is 72.7 cm³/mol. The summed E-state index contributed by atoms with van der Waals surface area (Å²) in [5.41, 5.74) is 0.992. The zero-order chi connectivity index (χ0) is 14.0. The molecule has 0 aliphatic carbocycles. The molecule has 0 amide bonds. The summed E-state index contributed by atoms with van der Waals surface area (Å²) in [4.78, 5) is 0. The Morgan fingerprint density at radius 3 is 2.74 bits per heavy atom. The molecule has 2 heterocycles. The van der Waals surface area contributed by atoms with Crippen LogP contribution in [0.2, 0.25) is 0 Å². The van der Waals surface area contributed by atoms with Gasteiger partial charge in [-0.15, -0.1) is 0 Å². The lowest BCUT2D eigenvalue weighted by molar-refractivity contribution is 0.0552. The van der Waals surface area contributed by atoms with Gasteiger partial charge in [-0.1, -0.05) is 0 Å². The molecule has 1 atom stereocenters. The number of nitrogens with zero attached hydrogens (tertiary/aromatic N) is 2. The van der Waals surface area contributed by atoms with Crippen molar-refractivity contribution in [3.05, 3.63) is 41.1 Å². The van der Waals surface area contributed by atoms with Crippen LogP contribution in [-0.2, 0) is 19.2 Å². The van der Waals surface area contributed by atoms with Crippen LogP contribution in [-0.4, -0.2) is 21.4 Å². The van der Waals surface area contributed by atoms with Crippen molar-refractivity contribution < 1.29 is 9.52 Å². The van der Waals surface area contributed by atoms with Crippen molar-refractivity contribution in [1.29, 1.82) is 0 Å². The van der Waals surface area contributed by atoms with E-state index >= 15 is 0 Å². The summed E-state index contributed by atoms with van der Waals surface area (Å²) in [6.07, 6.45) is 3.77. The summed E-state index contributed by atoms with van der Waals surface area (Å²) in [6.45, 7) is 6.69. The van der Waals surface area contributed by atoms with E-state index in [0.717, 1.165) is 22.6 Å². The van der Waals surface area contributed by atoms with Crippen molar-refractivity contribution in [2.75, 3.05) is 6.54 Å². The molecule has 2 aromatic heterocycles. The number of nitrogens with one attached hydrogen (secondary N) is 1. The van der Waals surface area contributed by atoms with Crippen LogP contribution in [0.4, 0.5) is 0 Å². The fraction of sp³-hybridized carbons (Fsp3) is 0.500. The van der Waals surface area contributed by atoms with Gasteiger partial charge in [-0.25, -0.2) is 0 Å². The van der Waals surface area contributed by atoms with Gasteiger partial charge in [0.05, 0.1) is 6.20 Å². The molecule has 104 valence electrons. The van der Waals surface area contributed by atoms with Crippen LogP contribution >= 0.6 is 0 Å². The lowest BCUT2D eigenvalue weighted by atomic mass is 9.96. The zero-order valence-corrected chi connectivity index (χ0v) is 11.9. The lowest BCUT2D eigenvalue weighted by Crippen LogP contribution is -2.35. The summed E-state index contributed by atoms with van der Waals surface area (Å²) < 4.78 is 7.23. The number of furan rings is 1. The van der Waals surface area contributed by atoms with Crippen molar-refractivity contribution in [3.8, 4) is 0 Å². The third-order valence-electron chi connectivity index (χ3n) is 3.18. The fourth-order valence-electron chi connectivity index (χ4n) is 2.27. The zero-order valence-electron chi connectivity index (χ0n) is 11.9. The Kier molecular flexibility index (Phi) is 3.78. The lowest BCUT2D eigenvalue weighted by Gasteiger charge is -2.23. The molecule has 0 saturated carbocycles. The second-order valence-electron chi connectivity index (χ2n) is 5.23. The normalized spacial score (nSPS) is 14.6. The van der Waals surface area contributed by atoms with E-state index in [1.807, 2.05) is 39.4 Å². The molecule has 19 heavy (non-hydrogen) atoms. The highest BCUT2D eigenvalue weighted by molar-refractivity contribution is 5.26. The van der Waals surface area contributed by atoms with Gasteiger partial charge < -0.3 is 14.8 Å². The Labute approximate surface area is 113 Å². The van der Waals surface area contributed by atoms with Gasteiger partial charge >= 0.3 is 0 Å². The molecule has 5 heteroatoms. The molecule has 0 radical (unpaired) electrons. The maximum atomic E-state index is 10.5. The van der Waals surface area contributed by atoms with E-state index < -0.39 is 5.60 Å². The standard InChI is InChI=1S/C14H21N3O2/c1-10-5-13(11(2)19-10)14(3,18)9-15-6-12-7-16-17(4)8-12/h5,7-8,15,18H,6,9H2,1-4H3. The number of aromatic nitrogens is 2. The third-order valence-corrected chi connectivity index (χ3v) is 3.18. The van der Waals surface area contributed by atoms with Crippen molar-refractivity contribution in [2.45, 2.75) is 32.9 Å². The van der Waals surface area contributed by atoms with Crippen LogP contribution in [0, 0.1) is 13.8 Å². The molecule has 0 spiro atoms. The first-order valence-corrected chi connectivity index (χ1v) is 6.36. The van der Waals surface area contributed by atoms with E-state index in [-0.39, 0.29) is 0 Å². The Hall–Kier alpha value is -1.59. The highest BCUT2D eigenvalue weighted by Gasteiger charge is 2.27. The summed E-state index contributed by atoms with van der Waals surface area (Å²) in [6, 6.07) is 1.89. The molecule has 0 fully saturated rings. The molecule has 0 saturated heterocycles. The van der Waals surface area contributed by atoms with E-state index in [1.54, 1.807) is 11.6 Å². The molecular formula is C14H21N3O2. The number of aryl methyl sites for hydroxylation is 3. The molecular weight excluding hydrogens is 242 g/mol. The van der Waals surface area contributed by atoms with Gasteiger partial charge in [-0.05, 0) is 26.8 Å². The quantitative estimate of drug-likeness (QED) is 0.860. The SMILES string of the molecule is Cc1cc(C(C)(O)CNCc2cnn(C)c2)c(C)o1. The van der Waals surface area contributed by atoms with Crippen LogP contribution in [0.3, 0.4) is 0 Å². The van der Waals surface area contributed by atoms with Crippen LogP contribution in [0.5, 0.6) is 0 Å². The van der Waals surface area contributed by atoms with Gasteiger partial charge in [0.1, 0.15) is 17.1 Å². The number of rotatable bonds is 5. The van der Waals surface area contributed by atoms with Gasteiger partial charge in [-0.3, -0.25) is 4.68 Å². The number of hydrogen-bond donors (Lipinski definition) is 2. The van der Waals surface area contributed by atoms with Crippen LogP contribution < -0.4 is 5.32 Å². The second-order valence-corrected chi connectivity index (χ2v) is 5.23. The van der Waals surface area contributed by atoms with Crippen molar-refractivity contribution >= 4 is 0 Å². The minimum atomic E-state index is -0.940. The van der Waals surface area contributed by atoms with Crippen LogP contribution in [0.15, 0.2) is 22.9 Å². The fourth-order valence-corrected chi connectivity index (χ4v) is 2.27. The second kappa shape index (κ2) is 5.19. The first kappa shape index (κ1) is 13.8. The van der Waals surface area contributed by atoms with Gasteiger partial charge in [0, 0.05) is 37.5 Å². The maximum Gasteiger partial charge on any atom is 0.107 e. The van der Waals surface area contributed by atoms with Crippen molar-refractivity contribution in [1.82, 2.24) is 15.1 Å². The van der Waals surface area contributed by atoms with E-state index in [0.29, 0.717) is 13.1 Å². The summed E-state index contributed by atoms with van der Waals surface area (Å²) in [5.74, 6) is 1.59. The molecule has 0 aliphatic heterocycles. The van der Waals surface area contributed by atoms with Gasteiger partial charge in [0.25, 0.3) is 0 Å². The highest BCUT2D eigenvalue weighted by atomic mass is 16.3. The Balaban J connectivity index is 1.96. The largest absolute Gasteiger partial charge is 0.466 e. The smallest absolute Gasteiger partial charge is 0.107 e. The Morgan fingerprint density at radius 2 is 2.21 bits per heavy atom. The minimum Gasteiger partial charge on any atom is -0.466 e. The first-order chi connectivity index (χ1) is 8.88. The Morgan fingerprint density at radius 1 is 1.47 bits per heavy atom. The number of aliphatic hydroxyl groups is 1. The van der Waals surface area contributed by atoms with E-state index in [2.05, 4.69) is 10.4 Å². The molecule has 2 aromatic rings. The van der Waals surface area contributed by atoms with Crippen molar-refractivity contribution in [3.63, 3.8) is 0 Å². The van der Waals surface area contributed by atoms with Gasteiger partial charge in [0.15, 0.2) is 0 Å². The summed E-state index contributed by atoms with van der Waals surface area (Å²) in [7, 11) is 1.89. The average Bonchev–Trinajstić information content (AvgIpc) is 2.85. The van der Waals surface area contributed by atoms with Crippen LogP contribution in [0.1, 0.15) is 29.6 Å². The average molecular weight is 263 g/mol. The molecule has 5 nitrogen and oxygen atoms in total. The molecule has 2 N–H and O–H groups in total. The van der Waals surface area contributed by atoms with E-state index in [9.17, 15) is 5.11 Å². The monoisotopic (exact) mass is 263 g/mol. The highest BCUT2D eigenvalue weighted by Crippen LogP contribution is 2.26. The van der Waals surface area contributed by atoms with Crippen molar-refractivity contribution in [2.24, 2.45) is 7.05 Å². The van der Waals surface area contributed by atoms with Gasteiger partial charge in [0.2, 0.25) is 0 Å². The third kappa shape index (κ3) is 3.24. The summed E-state index contributed by atoms with van der Waals surface area (Å²) in [5, 5.41) is 17.9. The minimum absolute atomic E-state index is 0.460. The molecule has 1 unspecified atom stereocenters. The van der Waals surface area contributed by atoms with E-state index in [4.69, 9.17) is 4.42 Å². The van der Waals surface area contributed by atoms with E-state index in [1.165, 1.54) is 0 Å². The predicted octanol–water partition coefficient (Wildman–Crippen LogP) is 1.63. The molecule has 0 aromatic carbocycles. The molecule has 0 bridgehead atoms.